The average molecular weight is 232 g/mol. The van der Waals surface area contributed by atoms with Crippen molar-refractivity contribution in [3.05, 3.63) is 24.0 Å². The summed E-state index contributed by atoms with van der Waals surface area (Å²) in [6, 6.07) is -0.981. The van der Waals surface area contributed by atoms with E-state index in [1.807, 2.05) is 0 Å². The number of hydrogen-bond acceptors (Lipinski definition) is 3. The van der Waals surface area contributed by atoms with Crippen LogP contribution in [0.2, 0.25) is 0 Å². The van der Waals surface area contributed by atoms with E-state index in [0.717, 1.165) is 0 Å². The Hall–Kier alpha value is 0.174. The van der Waals surface area contributed by atoms with Gasteiger partial charge >= 0.3 is 0 Å². The van der Waals surface area contributed by atoms with Gasteiger partial charge in [-0.15, -0.1) is 5.92 Å². The molecule has 0 amide bonds. The topological polar surface area (TPSA) is 60.2 Å². The Balaban J connectivity index is 0. The van der Waals surface area contributed by atoms with Gasteiger partial charge < -0.3 is 11.7 Å². The fourth-order valence-electron chi connectivity index (χ4n) is 0.453. The molecule has 5 heteroatoms. The molecule has 0 saturated heterocycles. The fourth-order valence-corrected chi connectivity index (χ4v) is 0.453. The van der Waals surface area contributed by atoms with E-state index in [4.69, 9.17) is 0 Å². The van der Waals surface area contributed by atoms with Crippen LogP contribution in [0.3, 0.4) is 0 Å². The van der Waals surface area contributed by atoms with E-state index < -0.39 is 16.9 Å². The van der Waals surface area contributed by atoms with E-state index in [9.17, 15) is 14.9 Å². The molecule has 0 fully saturated rings. The average Bonchev–Trinajstić information content (AvgIpc) is 1.87. The minimum atomic E-state index is -0.981. The van der Waals surface area contributed by atoms with Crippen LogP contribution in [0.15, 0.2) is 0 Å². The van der Waals surface area contributed by atoms with Crippen LogP contribution in [-0.2, 0) is 37.5 Å². The number of hydrogen-bond donors (Lipinski definition) is 0. The molecule has 0 heterocycles. The van der Waals surface area contributed by atoms with Crippen molar-refractivity contribution in [1.82, 2.24) is 0 Å². The van der Waals surface area contributed by atoms with Crippen molar-refractivity contribution >= 4 is 6.29 Å². The molecule has 0 aromatic carbocycles. The third-order valence-electron chi connectivity index (χ3n) is 1.21. The van der Waals surface area contributed by atoms with Gasteiger partial charge in [0.25, 0.3) is 0 Å². The minimum absolute atomic E-state index is 0. The Labute approximate surface area is 90.8 Å². The molecule has 61 valence electrons. The van der Waals surface area contributed by atoms with Gasteiger partial charge in [0.1, 0.15) is 6.29 Å². The molecular weight excluding hydrogens is 223 g/mol. The van der Waals surface area contributed by atoms with Crippen LogP contribution < -0.4 is 0 Å². The van der Waals surface area contributed by atoms with Crippen LogP contribution in [0.25, 0.3) is 0 Å². The van der Waals surface area contributed by atoms with Gasteiger partial charge in [-0.2, -0.15) is 0 Å². The molecule has 11 heavy (non-hydrogen) atoms. The molecule has 0 aromatic rings. The molecule has 2 atom stereocenters. The van der Waals surface area contributed by atoms with Crippen molar-refractivity contribution in [3.8, 4) is 0 Å². The Bertz CT molecular complexity index is 140. The van der Waals surface area contributed by atoms with Crippen LogP contribution in [0.4, 0.5) is 0 Å². The van der Waals surface area contributed by atoms with Gasteiger partial charge in [0.15, 0.2) is 0 Å². The summed E-state index contributed by atoms with van der Waals surface area (Å²) in [5, 5.41) is 10.0. The summed E-state index contributed by atoms with van der Waals surface area (Å²) < 4.78 is 0. The van der Waals surface area contributed by atoms with E-state index in [0.29, 0.717) is 6.29 Å². The maximum absolute atomic E-state index is 10.0. The van der Waals surface area contributed by atoms with Crippen LogP contribution >= 0.6 is 0 Å². The van der Waals surface area contributed by atoms with Crippen molar-refractivity contribution in [2.45, 2.75) is 12.5 Å². The Morgan fingerprint density at radius 1 is 1.55 bits per heavy atom. The molecule has 0 aromatic heterocycles. The molecule has 0 saturated carbocycles. The summed E-state index contributed by atoms with van der Waals surface area (Å²) in [7, 11) is 0. The molecule has 0 aliphatic carbocycles. The molecule has 0 spiro atoms. The van der Waals surface area contributed by atoms with E-state index in [1.54, 1.807) is 0 Å². The second-order valence-electron chi connectivity index (χ2n) is 2.02. The maximum Gasteiger partial charge on any atom is 0.117 e. The largest absolute Gasteiger partial charge is 0.336 e. The number of nitrogens with zero attached hydrogens (tertiary/aromatic N) is 1. The third-order valence-corrected chi connectivity index (χ3v) is 1.21. The standard InChI is InChI=1S/C6H9NO3.Y/c1-5(3-4-8)6(2)7(9)10;/h4-6H,1-3H2;/q-2;. The number of carbonyl (C=O) groups is 1. The molecular formula is C6H9NO3Y-2. The van der Waals surface area contributed by atoms with E-state index >= 15 is 0 Å². The first kappa shape index (κ1) is 13.7. The zero-order valence-electron chi connectivity index (χ0n) is 6.10. The molecule has 4 nitrogen and oxygen atoms in total. The second kappa shape index (κ2) is 6.86. The number of aldehydes is 1. The first-order valence-electron chi connectivity index (χ1n) is 2.83. The summed E-state index contributed by atoms with van der Waals surface area (Å²) in [5.74, 6) is -0.521. The van der Waals surface area contributed by atoms with E-state index in [2.05, 4.69) is 13.8 Å². The molecule has 1 radical (unpaired) electrons. The molecule has 0 bridgehead atoms. The summed E-state index contributed by atoms with van der Waals surface area (Å²) >= 11 is 0. The predicted octanol–water partition coefficient (Wildman–Crippen LogP) is 0.503. The third kappa shape index (κ3) is 5.44. The molecule has 0 aliphatic rings. The maximum atomic E-state index is 10.0. The Kier molecular flexibility index (Phi) is 8.57. The van der Waals surface area contributed by atoms with Gasteiger partial charge in [-0.25, -0.2) is 0 Å². The summed E-state index contributed by atoms with van der Waals surface area (Å²) in [4.78, 5) is 19.3. The van der Waals surface area contributed by atoms with Crippen molar-refractivity contribution in [2.75, 3.05) is 0 Å². The molecule has 2 unspecified atom stereocenters. The van der Waals surface area contributed by atoms with Crippen molar-refractivity contribution in [2.24, 2.45) is 5.92 Å². The van der Waals surface area contributed by atoms with Crippen LogP contribution in [0, 0.1) is 29.9 Å². The molecule has 0 rings (SSSR count). The summed E-state index contributed by atoms with van der Waals surface area (Å²) in [6.45, 7) is 6.65. The van der Waals surface area contributed by atoms with Gasteiger partial charge in [-0.05, 0) is 11.3 Å². The number of nitro groups is 1. The zero-order valence-corrected chi connectivity index (χ0v) is 8.94. The van der Waals surface area contributed by atoms with E-state index in [1.165, 1.54) is 0 Å². The zero-order chi connectivity index (χ0) is 8.15. The van der Waals surface area contributed by atoms with Gasteiger partial charge in [0.05, 0.1) is 6.04 Å². The number of carbonyl (C=O) groups excluding carboxylic acids is 1. The number of rotatable bonds is 4. The Morgan fingerprint density at radius 3 is 2.27 bits per heavy atom. The van der Waals surface area contributed by atoms with Gasteiger partial charge in [-0.1, -0.05) is 0 Å². The molecule has 0 N–H and O–H groups in total. The summed E-state index contributed by atoms with van der Waals surface area (Å²) in [5.41, 5.74) is 0. The van der Waals surface area contributed by atoms with Crippen molar-refractivity contribution in [3.63, 3.8) is 0 Å². The van der Waals surface area contributed by atoms with Crippen LogP contribution in [0.5, 0.6) is 0 Å². The quantitative estimate of drug-likeness (QED) is 0.307. The van der Waals surface area contributed by atoms with Crippen molar-refractivity contribution < 1.29 is 42.4 Å². The second-order valence-corrected chi connectivity index (χ2v) is 2.02. The SMILES string of the molecule is [CH2-]C(CC=O)C([CH2-])[N+](=O)[O-].[Y]. The Morgan fingerprint density at radius 2 is 2.00 bits per heavy atom. The fraction of sp³-hybridized carbons (Fsp3) is 0.500. The first-order chi connectivity index (χ1) is 4.59. The summed E-state index contributed by atoms with van der Waals surface area (Å²) in [6.07, 6.45) is 0.703. The predicted molar refractivity (Wildman–Crippen MR) is 35.7 cm³/mol. The minimum Gasteiger partial charge on any atom is -0.336 e. The van der Waals surface area contributed by atoms with Gasteiger partial charge in [0, 0.05) is 32.7 Å². The van der Waals surface area contributed by atoms with Crippen LogP contribution in [0.1, 0.15) is 6.42 Å². The van der Waals surface area contributed by atoms with Crippen molar-refractivity contribution in [1.29, 1.82) is 0 Å². The first-order valence-corrected chi connectivity index (χ1v) is 2.83. The molecule has 0 aliphatic heterocycles. The monoisotopic (exact) mass is 232 g/mol. The van der Waals surface area contributed by atoms with Gasteiger partial charge in [-0.3, -0.25) is 17.0 Å². The van der Waals surface area contributed by atoms with E-state index in [-0.39, 0.29) is 39.1 Å². The van der Waals surface area contributed by atoms with Gasteiger partial charge in [0.2, 0.25) is 0 Å². The smallest absolute Gasteiger partial charge is 0.117 e. The van der Waals surface area contributed by atoms with Crippen LogP contribution in [-0.4, -0.2) is 17.3 Å². The normalized spacial score (nSPS) is 14.4.